The fraction of sp³-hybridized carbons (Fsp3) is 0.286. The van der Waals surface area contributed by atoms with Gasteiger partial charge in [-0.2, -0.15) is 0 Å². The highest BCUT2D eigenvalue weighted by molar-refractivity contribution is 5.95. The maximum absolute atomic E-state index is 12.5. The molecule has 0 saturated carbocycles. The monoisotopic (exact) mass is 384 g/mol. The molecule has 0 amide bonds. The summed E-state index contributed by atoms with van der Waals surface area (Å²) in [5.74, 6) is 2.49. The Kier molecular flexibility index (Phi) is 4.50. The van der Waals surface area contributed by atoms with Crippen LogP contribution in [-0.4, -0.2) is 41.0 Å². The molecule has 0 N–H and O–H groups in total. The molecule has 0 saturated heterocycles. The van der Waals surface area contributed by atoms with E-state index in [1.54, 1.807) is 28.4 Å². The van der Waals surface area contributed by atoms with Gasteiger partial charge in [0.25, 0.3) is 0 Å². The summed E-state index contributed by atoms with van der Waals surface area (Å²) in [6.07, 6.45) is 0. The van der Waals surface area contributed by atoms with Crippen molar-refractivity contribution in [1.29, 1.82) is 0 Å². The lowest BCUT2D eigenvalue weighted by molar-refractivity contribution is -0.136. The van der Waals surface area contributed by atoms with Crippen LogP contribution in [0.5, 0.6) is 28.7 Å². The molecule has 7 nitrogen and oxygen atoms in total. The van der Waals surface area contributed by atoms with Gasteiger partial charge in [-0.05, 0) is 35.9 Å². The van der Waals surface area contributed by atoms with Crippen LogP contribution in [0.1, 0.15) is 17.0 Å². The topological polar surface area (TPSA) is 72.5 Å². The van der Waals surface area contributed by atoms with Crippen LogP contribution < -0.4 is 23.7 Å². The van der Waals surface area contributed by atoms with Gasteiger partial charge in [-0.3, -0.25) is 0 Å². The smallest absolute Gasteiger partial charge is 0.339 e. The third-order valence-corrected chi connectivity index (χ3v) is 4.92. The Labute approximate surface area is 162 Å². The van der Waals surface area contributed by atoms with Gasteiger partial charge in [0.2, 0.25) is 5.75 Å². The van der Waals surface area contributed by atoms with E-state index in [2.05, 4.69) is 0 Å². The quantitative estimate of drug-likeness (QED) is 0.734. The summed E-state index contributed by atoms with van der Waals surface area (Å²) in [4.78, 5) is 12.5. The number of ether oxygens (including phenoxy) is 6. The van der Waals surface area contributed by atoms with Gasteiger partial charge in [-0.15, -0.1) is 0 Å². The van der Waals surface area contributed by atoms with Gasteiger partial charge in [-0.1, -0.05) is 0 Å². The van der Waals surface area contributed by atoms with Crippen molar-refractivity contribution < 1.29 is 33.2 Å². The molecule has 0 aliphatic carbocycles. The van der Waals surface area contributed by atoms with Crippen molar-refractivity contribution in [3.05, 3.63) is 52.8 Å². The zero-order valence-corrected chi connectivity index (χ0v) is 16.0. The summed E-state index contributed by atoms with van der Waals surface area (Å²) < 4.78 is 32.9. The molecule has 4 rings (SSSR count). The van der Waals surface area contributed by atoms with Crippen LogP contribution in [0.2, 0.25) is 0 Å². The first kappa shape index (κ1) is 18.0. The average molecular weight is 384 g/mol. The van der Waals surface area contributed by atoms with Crippen LogP contribution >= 0.6 is 0 Å². The van der Waals surface area contributed by atoms with Crippen LogP contribution in [0.4, 0.5) is 0 Å². The fourth-order valence-electron chi connectivity index (χ4n) is 3.64. The molecule has 0 bridgehead atoms. The predicted molar refractivity (Wildman–Crippen MR) is 99.5 cm³/mol. The molecule has 2 heterocycles. The van der Waals surface area contributed by atoms with Crippen molar-refractivity contribution in [2.75, 3.05) is 35.0 Å². The summed E-state index contributed by atoms with van der Waals surface area (Å²) in [6, 6.07) is 9.16. The summed E-state index contributed by atoms with van der Waals surface area (Å²) in [7, 11) is 6.24. The second kappa shape index (κ2) is 6.99. The molecule has 0 aromatic heterocycles. The molecule has 146 valence electrons. The van der Waals surface area contributed by atoms with E-state index in [9.17, 15) is 4.79 Å². The Hall–Kier alpha value is -3.35. The Morgan fingerprint density at radius 1 is 0.929 bits per heavy atom. The third-order valence-electron chi connectivity index (χ3n) is 4.92. The van der Waals surface area contributed by atoms with Gasteiger partial charge in [0.05, 0.1) is 34.0 Å². The molecule has 2 aliphatic rings. The van der Waals surface area contributed by atoms with Crippen LogP contribution in [0, 0.1) is 0 Å². The van der Waals surface area contributed by atoms with Gasteiger partial charge < -0.3 is 28.4 Å². The first-order chi connectivity index (χ1) is 13.6. The highest BCUT2D eigenvalue weighted by Gasteiger charge is 2.41. The van der Waals surface area contributed by atoms with E-state index in [1.165, 1.54) is 0 Å². The minimum atomic E-state index is -0.419. The average Bonchev–Trinajstić information content (AvgIpc) is 3.10. The number of carbonyl (C=O) groups is 1. The third kappa shape index (κ3) is 2.70. The summed E-state index contributed by atoms with van der Waals surface area (Å²) in [5, 5.41) is 0. The van der Waals surface area contributed by atoms with E-state index in [1.807, 2.05) is 30.3 Å². The number of rotatable bonds is 5. The number of carbonyl (C=O) groups excluding carboxylic acids is 1. The molecule has 0 fully saturated rings. The lowest BCUT2D eigenvalue weighted by atomic mass is 9.82. The van der Waals surface area contributed by atoms with Crippen LogP contribution in [0.15, 0.2) is 41.7 Å². The molecular weight excluding hydrogens is 364 g/mol. The Bertz CT molecular complexity index is 952. The molecule has 1 atom stereocenters. The zero-order chi connectivity index (χ0) is 19.8. The number of cyclic esters (lactones) is 1. The maximum Gasteiger partial charge on any atom is 0.339 e. The standard InChI is InChI=1S/C21H20O7/c1-23-12-5-6-14-13(9-12)18(19-17(28-14)10-27-21(19)22)11-7-15(24-2)20(26-4)16(8-11)25-3/h5-9,18H,10H2,1-4H3/t18-/m0/s1. The number of fused-ring (bicyclic) bond motifs is 1. The number of benzene rings is 2. The Morgan fingerprint density at radius 3 is 2.25 bits per heavy atom. The number of hydrogen-bond acceptors (Lipinski definition) is 7. The molecule has 28 heavy (non-hydrogen) atoms. The van der Waals surface area contributed by atoms with E-state index in [4.69, 9.17) is 28.4 Å². The molecule has 0 radical (unpaired) electrons. The highest BCUT2D eigenvalue weighted by atomic mass is 16.6. The van der Waals surface area contributed by atoms with Gasteiger partial charge in [0.1, 0.15) is 18.1 Å². The van der Waals surface area contributed by atoms with E-state index >= 15 is 0 Å². The minimum absolute atomic E-state index is 0.112. The molecule has 2 aromatic rings. The van der Waals surface area contributed by atoms with Gasteiger partial charge >= 0.3 is 5.97 Å². The molecule has 0 spiro atoms. The Morgan fingerprint density at radius 2 is 1.64 bits per heavy atom. The predicted octanol–water partition coefficient (Wildman–Crippen LogP) is 3.06. The number of hydrogen-bond donors (Lipinski definition) is 0. The molecule has 0 unspecified atom stereocenters. The summed E-state index contributed by atoms with van der Waals surface area (Å²) >= 11 is 0. The van der Waals surface area contributed by atoms with E-state index in [0.29, 0.717) is 40.1 Å². The van der Waals surface area contributed by atoms with Gasteiger partial charge in [0.15, 0.2) is 17.3 Å². The number of methoxy groups -OCH3 is 4. The zero-order valence-electron chi connectivity index (χ0n) is 16.0. The molecule has 2 aliphatic heterocycles. The van der Waals surface area contributed by atoms with Crippen molar-refractivity contribution in [3.8, 4) is 28.7 Å². The second-order valence-corrected chi connectivity index (χ2v) is 6.31. The largest absolute Gasteiger partial charge is 0.497 e. The van der Waals surface area contributed by atoms with Crippen LogP contribution in [-0.2, 0) is 9.53 Å². The second-order valence-electron chi connectivity index (χ2n) is 6.31. The lowest BCUT2D eigenvalue weighted by Gasteiger charge is -2.27. The summed E-state index contributed by atoms with van der Waals surface area (Å²) in [6.45, 7) is 0.112. The van der Waals surface area contributed by atoms with Crippen LogP contribution in [0.25, 0.3) is 0 Å². The fourth-order valence-corrected chi connectivity index (χ4v) is 3.64. The molecule has 7 heteroatoms. The highest BCUT2D eigenvalue weighted by Crippen LogP contribution is 2.49. The Balaban J connectivity index is 1.96. The van der Waals surface area contributed by atoms with Crippen molar-refractivity contribution >= 4 is 5.97 Å². The van der Waals surface area contributed by atoms with E-state index in [0.717, 1.165) is 11.1 Å². The lowest BCUT2D eigenvalue weighted by Crippen LogP contribution is -2.18. The SMILES string of the molecule is COc1ccc2c(c1)[C@H](c1cc(OC)c(OC)c(OC)c1)C1=C(COC1=O)O2. The van der Waals surface area contributed by atoms with Gasteiger partial charge in [0, 0.05) is 11.5 Å². The van der Waals surface area contributed by atoms with E-state index < -0.39 is 11.9 Å². The molecule has 2 aromatic carbocycles. The van der Waals surface area contributed by atoms with Crippen molar-refractivity contribution in [3.63, 3.8) is 0 Å². The van der Waals surface area contributed by atoms with Gasteiger partial charge in [-0.25, -0.2) is 4.79 Å². The minimum Gasteiger partial charge on any atom is -0.497 e. The van der Waals surface area contributed by atoms with Crippen molar-refractivity contribution in [2.24, 2.45) is 0 Å². The maximum atomic E-state index is 12.5. The normalized spacial score (nSPS) is 17.3. The molecular formula is C21H20O7. The first-order valence-corrected chi connectivity index (χ1v) is 8.67. The van der Waals surface area contributed by atoms with Crippen LogP contribution in [0.3, 0.4) is 0 Å². The first-order valence-electron chi connectivity index (χ1n) is 8.67. The van der Waals surface area contributed by atoms with Crippen molar-refractivity contribution in [2.45, 2.75) is 5.92 Å². The number of esters is 1. The van der Waals surface area contributed by atoms with E-state index in [-0.39, 0.29) is 6.61 Å². The van der Waals surface area contributed by atoms with Crippen molar-refractivity contribution in [1.82, 2.24) is 0 Å². The summed E-state index contributed by atoms with van der Waals surface area (Å²) in [5.41, 5.74) is 2.06.